The van der Waals surface area contributed by atoms with E-state index in [-0.39, 0.29) is 5.13 Å². The normalized spacial score (nSPS) is 21.4. The van der Waals surface area contributed by atoms with E-state index in [0.29, 0.717) is 13.3 Å². The molecule has 0 aromatic carbocycles. The summed E-state index contributed by atoms with van der Waals surface area (Å²) in [5, 5.41) is -0.0845. The molecule has 0 atom stereocenters. The number of halogens is 2. The molecule has 5 heteroatoms. The summed E-state index contributed by atoms with van der Waals surface area (Å²) < 4.78 is 44.1. The molecule has 1 aromatic heterocycles. The fourth-order valence-corrected chi connectivity index (χ4v) is 1.94. The van der Waals surface area contributed by atoms with Crippen LogP contribution in [0.3, 0.4) is 0 Å². The van der Waals surface area contributed by atoms with E-state index < -0.39 is 14.0 Å². The molecule has 0 aliphatic carbocycles. The van der Waals surface area contributed by atoms with Gasteiger partial charge in [0.25, 0.3) is 0 Å². The van der Waals surface area contributed by atoms with E-state index >= 15 is 0 Å². The molecular formula is C5H6Br2N2S. The maximum absolute atomic E-state index is 7.20. The molecule has 0 fully saturated rings. The van der Waals surface area contributed by atoms with Crippen molar-refractivity contribution in [2.24, 2.45) is 0 Å². The average Bonchev–Trinajstić information content (AvgIpc) is 2.24. The Bertz CT molecular complexity index is 352. The summed E-state index contributed by atoms with van der Waals surface area (Å²) in [5.74, 6) is 0. The largest absolute Gasteiger partial charge is 0.354 e. The number of nitrogens with zero attached hydrogens (tertiary/aromatic N) is 2. The van der Waals surface area contributed by atoms with Crippen molar-refractivity contribution < 1.29 is 8.22 Å². The molecule has 0 spiro atoms. The van der Waals surface area contributed by atoms with E-state index in [1.54, 1.807) is 0 Å². The highest BCUT2D eigenvalue weighted by Gasteiger charge is 2.06. The van der Waals surface area contributed by atoms with Crippen molar-refractivity contribution in [2.75, 3.05) is 18.9 Å². The molecule has 0 saturated carbocycles. The first-order valence-corrected chi connectivity index (χ1v) is 4.56. The van der Waals surface area contributed by atoms with Crippen LogP contribution in [0, 0.1) is 0 Å². The predicted molar refractivity (Wildman–Crippen MR) is 51.8 cm³/mol. The number of hydrogen-bond acceptors (Lipinski definition) is 3. The van der Waals surface area contributed by atoms with Gasteiger partial charge in [0.15, 0.2) is 5.13 Å². The van der Waals surface area contributed by atoms with Crippen molar-refractivity contribution in [3.05, 3.63) is 8.39 Å². The second-order valence-electron chi connectivity index (χ2n) is 1.40. The first kappa shape index (κ1) is 3.41. The molecule has 0 unspecified atom stereocenters. The molecule has 1 heterocycles. The van der Waals surface area contributed by atoms with Crippen LogP contribution in [0.5, 0.6) is 0 Å². The van der Waals surface area contributed by atoms with Crippen LogP contribution in [-0.2, 0) is 0 Å². The van der Waals surface area contributed by atoms with Gasteiger partial charge in [-0.1, -0.05) is 11.3 Å². The van der Waals surface area contributed by atoms with Crippen LogP contribution >= 0.6 is 43.2 Å². The Hall–Kier alpha value is 0.390. The first-order valence-electron chi connectivity index (χ1n) is 5.15. The lowest BCUT2D eigenvalue weighted by atomic mass is 10.9. The molecule has 0 aliphatic heterocycles. The highest BCUT2D eigenvalue weighted by Crippen LogP contribution is 2.32. The average molecular weight is 292 g/mol. The molecule has 0 bridgehead atoms. The minimum Gasteiger partial charge on any atom is -0.354 e. The minimum atomic E-state index is -2.76. The maximum Gasteiger partial charge on any atom is 0.186 e. The van der Waals surface area contributed by atoms with Gasteiger partial charge in [-0.25, -0.2) is 4.98 Å². The van der Waals surface area contributed by atoms with Gasteiger partial charge in [-0.2, -0.15) is 0 Å². The topological polar surface area (TPSA) is 16.1 Å². The zero-order valence-electron chi connectivity index (χ0n) is 10.6. The summed E-state index contributed by atoms with van der Waals surface area (Å²) in [6.45, 7) is -5.52. The summed E-state index contributed by atoms with van der Waals surface area (Å²) in [7, 11) is 0. The van der Waals surface area contributed by atoms with Gasteiger partial charge in [0.2, 0.25) is 0 Å². The van der Waals surface area contributed by atoms with Crippen LogP contribution in [0.4, 0.5) is 5.13 Å². The summed E-state index contributed by atoms with van der Waals surface area (Å²) in [4.78, 5) is 4.19. The van der Waals surface area contributed by atoms with E-state index in [0.717, 1.165) is 11.3 Å². The quantitative estimate of drug-likeness (QED) is 0.791. The first-order chi connectivity index (χ1) is 7.03. The number of aromatic nitrogens is 1. The van der Waals surface area contributed by atoms with Crippen LogP contribution < -0.4 is 4.90 Å². The number of rotatable bonds is 1. The van der Waals surface area contributed by atoms with Gasteiger partial charge < -0.3 is 4.90 Å². The molecular weight excluding hydrogens is 280 g/mol. The van der Waals surface area contributed by atoms with Crippen LogP contribution in [0.2, 0.25) is 0 Å². The standard InChI is InChI=1S/C5H6Br2N2S/c1-9(2)5-8-3(6)4(7)10-5/h1-2H3/i1D3,2D3. The Balaban J connectivity index is 3.23. The third-order valence-electron chi connectivity index (χ3n) is 0.728. The Kier molecular flexibility index (Phi) is 1.09. The molecule has 56 valence electrons. The van der Waals surface area contributed by atoms with Crippen LogP contribution in [0.1, 0.15) is 8.22 Å². The molecule has 1 aromatic rings. The van der Waals surface area contributed by atoms with Gasteiger partial charge in [0.1, 0.15) is 8.39 Å². The van der Waals surface area contributed by atoms with Gasteiger partial charge in [-0.15, -0.1) is 0 Å². The van der Waals surface area contributed by atoms with E-state index in [1.165, 1.54) is 0 Å². The molecule has 2 nitrogen and oxygen atoms in total. The molecule has 10 heavy (non-hydrogen) atoms. The molecule has 0 aliphatic rings. The van der Waals surface area contributed by atoms with Crippen molar-refractivity contribution in [2.45, 2.75) is 0 Å². The van der Waals surface area contributed by atoms with Crippen molar-refractivity contribution in [3.8, 4) is 0 Å². The van der Waals surface area contributed by atoms with Crippen molar-refractivity contribution >= 4 is 48.3 Å². The predicted octanol–water partition coefficient (Wildman–Crippen LogP) is 2.73. The van der Waals surface area contributed by atoms with Gasteiger partial charge in [-0.05, 0) is 31.9 Å². The van der Waals surface area contributed by atoms with E-state index in [1.807, 2.05) is 0 Å². The fourth-order valence-electron chi connectivity index (χ4n) is 0.369. The lowest BCUT2D eigenvalue weighted by Gasteiger charge is -2.04. The summed E-state index contributed by atoms with van der Waals surface area (Å²) in [5.41, 5.74) is 0. The van der Waals surface area contributed by atoms with Crippen molar-refractivity contribution in [3.63, 3.8) is 0 Å². The second-order valence-corrected chi connectivity index (χ2v) is 4.44. The molecule has 0 radical (unpaired) electrons. The third kappa shape index (κ3) is 1.71. The molecule has 0 saturated heterocycles. The van der Waals surface area contributed by atoms with Gasteiger partial charge in [0, 0.05) is 22.2 Å². The van der Waals surface area contributed by atoms with E-state index in [4.69, 9.17) is 8.22 Å². The fraction of sp³-hybridized carbons (Fsp3) is 0.400. The lowest BCUT2D eigenvalue weighted by molar-refractivity contribution is 1.10. The van der Waals surface area contributed by atoms with Gasteiger partial charge in [-0.3, -0.25) is 0 Å². The summed E-state index contributed by atoms with van der Waals surface area (Å²) in [6, 6.07) is 0. The van der Waals surface area contributed by atoms with Crippen LogP contribution in [0.25, 0.3) is 0 Å². The Labute approximate surface area is 88.9 Å². The zero-order chi connectivity index (χ0) is 12.7. The Morgan fingerprint density at radius 2 is 2.30 bits per heavy atom. The number of anilines is 1. The molecule has 0 N–H and O–H groups in total. The van der Waals surface area contributed by atoms with E-state index in [2.05, 4.69) is 36.8 Å². The van der Waals surface area contributed by atoms with Crippen LogP contribution in [-0.4, -0.2) is 18.9 Å². The van der Waals surface area contributed by atoms with Gasteiger partial charge >= 0.3 is 0 Å². The zero-order valence-corrected chi connectivity index (χ0v) is 8.55. The van der Waals surface area contributed by atoms with Crippen molar-refractivity contribution in [1.29, 1.82) is 0 Å². The second kappa shape index (κ2) is 3.19. The maximum atomic E-state index is 7.20. The minimum absolute atomic E-state index is 0.0845. The Morgan fingerprint density at radius 1 is 1.60 bits per heavy atom. The smallest absolute Gasteiger partial charge is 0.186 e. The monoisotopic (exact) mass is 290 g/mol. The van der Waals surface area contributed by atoms with Crippen LogP contribution in [0.15, 0.2) is 8.39 Å². The third-order valence-corrected chi connectivity index (χ3v) is 3.79. The molecule has 0 amide bonds. The van der Waals surface area contributed by atoms with Crippen molar-refractivity contribution in [1.82, 2.24) is 4.98 Å². The SMILES string of the molecule is [2H]C([2H])([2H])N(c1nc(Br)c(Br)s1)C([2H])([2H])[2H]. The lowest BCUT2D eigenvalue weighted by Crippen LogP contribution is -2.07. The van der Waals surface area contributed by atoms with E-state index in [9.17, 15) is 0 Å². The number of thiazole rings is 1. The van der Waals surface area contributed by atoms with Gasteiger partial charge in [0.05, 0.1) is 0 Å². The highest BCUT2D eigenvalue weighted by atomic mass is 79.9. The Morgan fingerprint density at radius 3 is 2.70 bits per heavy atom. The highest BCUT2D eigenvalue weighted by molar-refractivity contribution is 9.13. The summed E-state index contributed by atoms with van der Waals surface area (Å²) in [6.07, 6.45) is 0. The summed E-state index contributed by atoms with van der Waals surface area (Å²) >= 11 is 7.15. The molecule has 1 rings (SSSR count). The number of hydrogen-bond donors (Lipinski definition) is 0.